The average molecular weight is 89.2 g/mol. The first-order valence-corrected chi connectivity index (χ1v) is 2.57. The topological polar surface area (TPSA) is 23.9 Å². The Bertz CT molecular complexity index is 28.1. The van der Waals surface area contributed by atoms with Crippen LogP contribution in [-0.2, 0) is 0 Å². The molecule has 5 heavy (non-hydrogen) atoms. The van der Waals surface area contributed by atoms with Gasteiger partial charge in [0.1, 0.15) is 0 Å². The standard InChI is InChI=1S/C3H7NS/c1-2-5-3-4/h3-4H,2H2,1H3. The molecule has 0 aliphatic carbocycles. The minimum Gasteiger partial charge on any atom is -0.302 e. The van der Waals surface area contributed by atoms with Crippen LogP contribution in [0.25, 0.3) is 0 Å². The van der Waals surface area contributed by atoms with E-state index >= 15 is 0 Å². The zero-order valence-corrected chi connectivity index (χ0v) is 4.01. The van der Waals surface area contributed by atoms with E-state index in [2.05, 4.69) is 0 Å². The van der Waals surface area contributed by atoms with Gasteiger partial charge in [-0.2, -0.15) is 0 Å². The molecule has 0 aromatic rings. The van der Waals surface area contributed by atoms with Crippen LogP contribution < -0.4 is 0 Å². The number of hydrogen-bond donors (Lipinski definition) is 1. The Balaban J connectivity index is 2.40. The second-order valence-corrected chi connectivity index (χ2v) is 1.72. The molecular formula is C3H7NS. The third kappa shape index (κ3) is 4.02. The Hall–Kier alpha value is 0.0200. The third-order valence-corrected chi connectivity index (χ3v) is 0.750. The van der Waals surface area contributed by atoms with Gasteiger partial charge < -0.3 is 5.41 Å². The molecule has 0 radical (unpaired) electrons. The van der Waals surface area contributed by atoms with Crippen molar-refractivity contribution in [2.75, 3.05) is 5.75 Å². The second kappa shape index (κ2) is 4.02. The first kappa shape index (κ1) is 5.02. The highest BCUT2D eigenvalue weighted by atomic mass is 32.2. The lowest BCUT2D eigenvalue weighted by atomic mass is 11.0. The summed E-state index contributed by atoms with van der Waals surface area (Å²) in [7, 11) is 0. The van der Waals surface area contributed by atoms with E-state index in [-0.39, 0.29) is 0 Å². The summed E-state index contributed by atoms with van der Waals surface area (Å²) in [6.45, 7) is 2.02. The molecule has 30 valence electrons. The van der Waals surface area contributed by atoms with Crippen LogP contribution in [0.1, 0.15) is 6.92 Å². The zero-order valence-electron chi connectivity index (χ0n) is 3.19. The first-order valence-electron chi connectivity index (χ1n) is 1.52. The van der Waals surface area contributed by atoms with Crippen molar-refractivity contribution in [3.05, 3.63) is 0 Å². The van der Waals surface area contributed by atoms with Crippen molar-refractivity contribution in [3.8, 4) is 0 Å². The van der Waals surface area contributed by atoms with Gasteiger partial charge in [0.25, 0.3) is 0 Å². The largest absolute Gasteiger partial charge is 0.302 e. The summed E-state index contributed by atoms with van der Waals surface area (Å²) >= 11 is 1.50. The van der Waals surface area contributed by atoms with E-state index < -0.39 is 0 Å². The molecule has 2 heteroatoms. The fourth-order valence-electron chi connectivity index (χ4n) is 0.0833. The fraction of sp³-hybridized carbons (Fsp3) is 0.667. The molecule has 0 saturated heterocycles. The summed E-state index contributed by atoms with van der Waals surface area (Å²) in [5.41, 5.74) is 1.35. The molecule has 0 atom stereocenters. The van der Waals surface area contributed by atoms with Crippen LogP contribution in [0.4, 0.5) is 0 Å². The maximum atomic E-state index is 6.44. The SMILES string of the molecule is CCSC=N. The van der Waals surface area contributed by atoms with Crippen LogP contribution in [0.3, 0.4) is 0 Å². The summed E-state index contributed by atoms with van der Waals surface area (Å²) < 4.78 is 0. The highest BCUT2D eigenvalue weighted by Crippen LogP contribution is 1.86. The summed E-state index contributed by atoms with van der Waals surface area (Å²) in [4.78, 5) is 0. The molecule has 0 aliphatic rings. The van der Waals surface area contributed by atoms with E-state index in [1.165, 1.54) is 17.3 Å². The van der Waals surface area contributed by atoms with Crippen LogP contribution in [0.2, 0.25) is 0 Å². The first-order chi connectivity index (χ1) is 2.41. The molecule has 0 unspecified atom stereocenters. The number of hydrogen-bond acceptors (Lipinski definition) is 2. The summed E-state index contributed by atoms with van der Waals surface area (Å²) in [5, 5.41) is 6.44. The lowest BCUT2D eigenvalue weighted by Crippen LogP contribution is -1.59. The molecule has 0 bridgehead atoms. The van der Waals surface area contributed by atoms with Gasteiger partial charge in [0.05, 0.1) is 5.55 Å². The van der Waals surface area contributed by atoms with Gasteiger partial charge in [-0.15, -0.1) is 11.8 Å². The molecule has 0 saturated carbocycles. The zero-order chi connectivity index (χ0) is 4.12. The van der Waals surface area contributed by atoms with Gasteiger partial charge in [0.15, 0.2) is 0 Å². The maximum Gasteiger partial charge on any atom is 0.0506 e. The normalized spacial score (nSPS) is 7.40. The monoisotopic (exact) mass is 89.0 g/mol. The minimum atomic E-state index is 1.02. The van der Waals surface area contributed by atoms with Gasteiger partial charge in [-0.1, -0.05) is 6.92 Å². The van der Waals surface area contributed by atoms with Crippen LogP contribution in [-0.4, -0.2) is 11.3 Å². The van der Waals surface area contributed by atoms with E-state index in [1.54, 1.807) is 0 Å². The van der Waals surface area contributed by atoms with Crippen LogP contribution >= 0.6 is 11.8 Å². The molecule has 0 aromatic carbocycles. The van der Waals surface area contributed by atoms with E-state index in [0.29, 0.717) is 0 Å². The van der Waals surface area contributed by atoms with Gasteiger partial charge in [-0.25, -0.2) is 0 Å². The van der Waals surface area contributed by atoms with Crippen molar-refractivity contribution < 1.29 is 0 Å². The molecule has 0 rings (SSSR count). The average Bonchev–Trinajstić information content (AvgIpc) is 1.41. The van der Waals surface area contributed by atoms with E-state index in [4.69, 9.17) is 5.41 Å². The van der Waals surface area contributed by atoms with Crippen molar-refractivity contribution in [3.63, 3.8) is 0 Å². The van der Waals surface area contributed by atoms with Crippen LogP contribution in [0.15, 0.2) is 0 Å². The summed E-state index contributed by atoms with van der Waals surface area (Å²) in [5.74, 6) is 1.02. The minimum absolute atomic E-state index is 1.02. The van der Waals surface area contributed by atoms with Crippen molar-refractivity contribution in [1.29, 1.82) is 5.41 Å². The third-order valence-electron chi connectivity index (χ3n) is 0.250. The Morgan fingerprint density at radius 2 is 2.60 bits per heavy atom. The van der Waals surface area contributed by atoms with Crippen molar-refractivity contribution in [2.45, 2.75) is 6.92 Å². The maximum absolute atomic E-state index is 6.44. The van der Waals surface area contributed by atoms with Gasteiger partial charge in [0, 0.05) is 0 Å². The van der Waals surface area contributed by atoms with Crippen molar-refractivity contribution >= 4 is 17.3 Å². The van der Waals surface area contributed by atoms with Crippen molar-refractivity contribution in [1.82, 2.24) is 0 Å². The molecule has 0 spiro atoms. The predicted molar refractivity (Wildman–Crippen MR) is 26.9 cm³/mol. The molecule has 0 amide bonds. The number of thioether (sulfide) groups is 1. The molecule has 0 fully saturated rings. The van der Waals surface area contributed by atoms with Crippen molar-refractivity contribution in [2.24, 2.45) is 0 Å². The summed E-state index contributed by atoms with van der Waals surface area (Å²) in [6.07, 6.45) is 0. The van der Waals surface area contributed by atoms with Gasteiger partial charge >= 0.3 is 0 Å². The fourth-order valence-corrected chi connectivity index (χ4v) is 0.250. The molecule has 0 aromatic heterocycles. The highest BCUT2D eigenvalue weighted by Gasteiger charge is 1.62. The summed E-state index contributed by atoms with van der Waals surface area (Å²) in [6, 6.07) is 0. The van der Waals surface area contributed by atoms with Gasteiger partial charge in [-0.05, 0) is 5.75 Å². The van der Waals surface area contributed by atoms with E-state index in [9.17, 15) is 0 Å². The lowest BCUT2D eigenvalue weighted by Gasteiger charge is -1.72. The Morgan fingerprint density at radius 3 is 2.60 bits per heavy atom. The lowest BCUT2D eigenvalue weighted by molar-refractivity contribution is 1.53. The van der Waals surface area contributed by atoms with Gasteiger partial charge in [0.2, 0.25) is 0 Å². The molecule has 0 aliphatic heterocycles. The van der Waals surface area contributed by atoms with Gasteiger partial charge in [-0.3, -0.25) is 0 Å². The number of rotatable bonds is 2. The molecular weight excluding hydrogens is 82.1 g/mol. The van der Waals surface area contributed by atoms with E-state index in [1.807, 2.05) is 6.92 Å². The Morgan fingerprint density at radius 1 is 2.00 bits per heavy atom. The molecule has 1 N–H and O–H groups in total. The highest BCUT2D eigenvalue weighted by molar-refractivity contribution is 8.11. The molecule has 1 nitrogen and oxygen atoms in total. The number of nitrogens with one attached hydrogen (secondary N) is 1. The van der Waals surface area contributed by atoms with E-state index in [0.717, 1.165) is 5.75 Å². The Labute approximate surface area is 36.3 Å². The van der Waals surface area contributed by atoms with Crippen LogP contribution in [0, 0.1) is 5.41 Å². The van der Waals surface area contributed by atoms with Crippen LogP contribution in [0.5, 0.6) is 0 Å². The molecule has 0 heterocycles. The second-order valence-electron chi connectivity index (χ2n) is 0.573. The quantitative estimate of drug-likeness (QED) is 0.400. The predicted octanol–water partition coefficient (Wildman–Crippen LogP) is 1.35. The Kier molecular flexibility index (Phi) is 4.04. The smallest absolute Gasteiger partial charge is 0.0506 e.